The molecule has 0 aliphatic carbocycles. The molecule has 1 rings (SSSR count). The number of aromatic nitrogens is 1. The predicted octanol–water partition coefficient (Wildman–Crippen LogP) is 0.588. The van der Waals surface area contributed by atoms with E-state index in [-0.39, 0.29) is 5.69 Å². The zero-order valence-corrected chi connectivity index (χ0v) is 4.88. The Labute approximate surface area is 52.1 Å². The molecule has 0 spiro atoms. The van der Waals surface area contributed by atoms with E-state index in [1.165, 1.54) is 6.39 Å². The first-order valence-corrected chi connectivity index (χ1v) is 2.40. The van der Waals surface area contributed by atoms with Gasteiger partial charge in [-0.1, -0.05) is 0 Å². The minimum Gasteiger partial charge on any atom is -0.427 e. The number of nitrogens with zero attached hydrogens (tertiary/aromatic N) is 2. The maximum absolute atomic E-state index is 8.33. The van der Waals surface area contributed by atoms with Gasteiger partial charge in [-0.15, -0.1) is 0 Å². The fourth-order valence-corrected chi connectivity index (χ4v) is 0.503. The molecule has 46 valence electrons. The summed E-state index contributed by atoms with van der Waals surface area (Å²) in [5, 5.41) is 11.0. The lowest BCUT2D eigenvalue weighted by Gasteiger charge is -1.87. The summed E-state index contributed by atoms with van der Waals surface area (Å²) in [5.74, 6) is 0.414. The summed E-state index contributed by atoms with van der Waals surface area (Å²) in [6, 6.07) is 1.86. The number of hydrogen-bond acceptors (Lipinski definition) is 4. The van der Waals surface area contributed by atoms with Crippen molar-refractivity contribution in [2.45, 2.75) is 0 Å². The topological polar surface area (TPSA) is 61.9 Å². The Morgan fingerprint density at radius 1 is 1.89 bits per heavy atom. The standard InChI is InChI=1S/C5H5N3O/c1-7-5-4(2-6)8-3-9-5/h3,7H,1H3. The zero-order valence-electron chi connectivity index (χ0n) is 4.88. The van der Waals surface area contributed by atoms with Crippen molar-refractivity contribution in [1.29, 1.82) is 5.26 Å². The Morgan fingerprint density at radius 2 is 2.67 bits per heavy atom. The van der Waals surface area contributed by atoms with Crippen LogP contribution in [-0.4, -0.2) is 12.0 Å². The Bertz CT molecular complexity index is 235. The van der Waals surface area contributed by atoms with Gasteiger partial charge in [-0.05, 0) is 0 Å². The molecule has 0 amide bonds. The van der Waals surface area contributed by atoms with E-state index < -0.39 is 0 Å². The maximum atomic E-state index is 8.33. The smallest absolute Gasteiger partial charge is 0.231 e. The quantitative estimate of drug-likeness (QED) is 0.593. The van der Waals surface area contributed by atoms with Crippen LogP contribution in [0.3, 0.4) is 0 Å². The van der Waals surface area contributed by atoms with Crippen LogP contribution in [0, 0.1) is 11.3 Å². The molecule has 4 nitrogen and oxygen atoms in total. The van der Waals surface area contributed by atoms with E-state index >= 15 is 0 Å². The molecule has 1 aromatic rings. The molecule has 0 saturated carbocycles. The molecular formula is C5H5N3O. The number of anilines is 1. The summed E-state index contributed by atoms with van der Waals surface area (Å²) in [6.07, 6.45) is 1.23. The molecule has 0 saturated heterocycles. The fraction of sp³-hybridized carbons (Fsp3) is 0.200. The highest BCUT2D eigenvalue weighted by Gasteiger charge is 2.01. The summed E-state index contributed by atoms with van der Waals surface area (Å²) in [6.45, 7) is 0. The van der Waals surface area contributed by atoms with Crippen LogP contribution in [0.1, 0.15) is 5.69 Å². The van der Waals surface area contributed by atoms with Gasteiger partial charge in [0.2, 0.25) is 11.6 Å². The second-order valence-electron chi connectivity index (χ2n) is 1.39. The lowest BCUT2D eigenvalue weighted by atomic mass is 10.5. The molecule has 0 aliphatic heterocycles. The first-order chi connectivity index (χ1) is 4.38. The minimum absolute atomic E-state index is 0.289. The predicted molar refractivity (Wildman–Crippen MR) is 30.8 cm³/mol. The van der Waals surface area contributed by atoms with Crippen LogP contribution >= 0.6 is 0 Å². The second-order valence-corrected chi connectivity index (χ2v) is 1.39. The number of hydrogen-bond donors (Lipinski definition) is 1. The van der Waals surface area contributed by atoms with Crippen LogP contribution in [0.15, 0.2) is 10.8 Å². The van der Waals surface area contributed by atoms with Gasteiger partial charge in [0.15, 0.2) is 6.39 Å². The highest BCUT2D eigenvalue weighted by Crippen LogP contribution is 2.09. The largest absolute Gasteiger partial charge is 0.427 e. The molecule has 9 heavy (non-hydrogen) atoms. The highest BCUT2D eigenvalue weighted by molar-refractivity contribution is 5.43. The molecule has 0 atom stereocenters. The molecule has 4 heteroatoms. The van der Waals surface area contributed by atoms with Crippen LogP contribution in [0.25, 0.3) is 0 Å². The minimum atomic E-state index is 0.289. The third-order valence-corrected chi connectivity index (χ3v) is 0.900. The lowest BCUT2D eigenvalue weighted by molar-refractivity contribution is 0.572. The molecule has 0 unspecified atom stereocenters. The van der Waals surface area contributed by atoms with Crippen LogP contribution in [0.4, 0.5) is 5.88 Å². The van der Waals surface area contributed by atoms with Gasteiger partial charge in [0.05, 0.1) is 0 Å². The van der Waals surface area contributed by atoms with Gasteiger partial charge in [-0.3, -0.25) is 0 Å². The summed E-state index contributed by atoms with van der Waals surface area (Å²) < 4.78 is 4.76. The molecule has 1 N–H and O–H groups in total. The van der Waals surface area contributed by atoms with Crippen LogP contribution in [-0.2, 0) is 0 Å². The molecule has 1 aromatic heterocycles. The van der Waals surface area contributed by atoms with Crippen molar-refractivity contribution in [3.05, 3.63) is 12.1 Å². The third-order valence-electron chi connectivity index (χ3n) is 0.900. The van der Waals surface area contributed by atoms with E-state index in [1.807, 2.05) is 6.07 Å². The number of nitriles is 1. The number of oxazole rings is 1. The summed E-state index contributed by atoms with van der Waals surface area (Å²) in [5.41, 5.74) is 0.289. The van der Waals surface area contributed by atoms with Gasteiger partial charge >= 0.3 is 0 Å². The van der Waals surface area contributed by atoms with E-state index in [0.717, 1.165) is 0 Å². The van der Waals surface area contributed by atoms with Crippen LogP contribution < -0.4 is 5.32 Å². The van der Waals surface area contributed by atoms with Crippen molar-refractivity contribution in [3.8, 4) is 6.07 Å². The van der Waals surface area contributed by atoms with Crippen molar-refractivity contribution in [2.75, 3.05) is 12.4 Å². The molecule has 0 fully saturated rings. The van der Waals surface area contributed by atoms with E-state index in [1.54, 1.807) is 7.05 Å². The molecule has 0 aromatic carbocycles. The SMILES string of the molecule is CNc1ocnc1C#N. The number of rotatable bonds is 1. The average molecular weight is 123 g/mol. The second kappa shape index (κ2) is 2.18. The molecule has 0 radical (unpaired) electrons. The summed E-state index contributed by atoms with van der Waals surface area (Å²) >= 11 is 0. The normalized spacial score (nSPS) is 8.44. The van der Waals surface area contributed by atoms with Crippen molar-refractivity contribution in [2.24, 2.45) is 0 Å². The van der Waals surface area contributed by atoms with E-state index in [9.17, 15) is 0 Å². The maximum Gasteiger partial charge on any atom is 0.231 e. The van der Waals surface area contributed by atoms with Gasteiger partial charge in [-0.2, -0.15) is 5.26 Å². The van der Waals surface area contributed by atoms with Gasteiger partial charge in [0.1, 0.15) is 6.07 Å². The van der Waals surface area contributed by atoms with Gasteiger partial charge in [0.25, 0.3) is 0 Å². The van der Waals surface area contributed by atoms with E-state index in [2.05, 4.69) is 10.3 Å². The molecule has 1 heterocycles. The van der Waals surface area contributed by atoms with Gasteiger partial charge in [-0.25, -0.2) is 4.98 Å². The van der Waals surface area contributed by atoms with Crippen LogP contribution in [0.2, 0.25) is 0 Å². The van der Waals surface area contributed by atoms with Crippen molar-refractivity contribution in [3.63, 3.8) is 0 Å². The molecular weight excluding hydrogens is 118 g/mol. The summed E-state index contributed by atoms with van der Waals surface area (Å²) in [4.78, 5) is 3.62. The average Bonchev–Trinajstić information content (AvgIpc) is 2.33. The highest BCUT2D eigenvalue weighted by atomic mass is 16.4. The van der Waals surface area contributed by atoms with Crippen LogP contribution in [0.5, 0.6) is 0 Å². The Morgan fingerprint density at radius 3 is 3.11 bits per heavy atom. The van der Waals surface area contributed by atoms with E-state index in [4.69, 9.17) is 9.68 Å². The number of nitrogens with one attached hydrogen (secondary N) is 1. The summed E-state index contributed by atoms with van der Waals surface area (Å²) in [7, 11) is 1.67. The Kier molecular flexibility index (Phi) is 1.36. The van der Waals surface area contributed by atoms with Crippen molar-refractivity contribution >= 4 is 5.88 Å². The third kappa shape index (κ3) is 0.842. The first-order valence-electron chi connectivity index (χ1n) is 2.40. The molecule has 0 bridgehead atoms. The van der Waals surface area contributed by atoms with Crippen molar-refractivity contribution in [1.82, 2.24) is 4.98 Å². The molecule has 0 aliphatic rings. The van der Waals surface area contributed by atoms with E-state index in [0.29, 0.717) is 5.88 Å². The Balaban J connectivity index is 3.02. The first kappa shape index (κ1) is 5.63. The lowest BCUT2D eigenvalue weighted by Crippen LogP contribution is -1.87. The fourth-order valence-electron chi connectivity index (χ4n) is 0.503. The van der Waals surface area contributed by atoms with Crippen molar-refractivity contribution < 1.29 is 4.42 Å². The monoisotopic (exact) mass is 123 g/mol. The van der Waals surface area contributed by atoms with Gasteiger partial charge < -0.3 is 9.73 Å². The Hall–Kier alpha value is -1.50. The van der Waals surface area contributed by atoms with Gasteiger partial charge in [0, 0.05) is 7.05 Å². The zero-order chi connectivity index (χ0) is 6.69.